The third kappa shape index (κ3) is 2.20. The van der Waals surface area contributed by atoms with Crippen molar-refractivity contribution in [3.05, 3.63) is 11.6 Å². The SMILES string of the molecule is CC1(C)COC(C2=[C-]C(F)(F)C(F)(F)C2(F)F)=N1.[Ir]. The first-order valence-corrected chi connectivity index (χ1v) is 4.93. The number of rotatable bonds is 1. The predicted octanol–water partition coefficient (Wildman–Crippen LogP) is 2.84. The zero-order valence-electron chi connectivity index (χ0n) is 9.66. The van der Waals surface area contributed by atoms with E-state index in [4.69, 9.17) is 0 Å². The van der Waals surface area contributed by atoms with Crippen molar-refractivity contribution in [1.82, 2.24) is 0 Å². The number of nitrogens with zero attached hydrogens (tertiary/aromatic N) is 1. The molecule has 0 fully saturated rings. The van der Waals surface area contributed by atoms with E-state index in [1.54, 1.807) is 0 Å². The first-order chi connectivity index (χ1) is 7.91. The molecule has 2 aliphatic rings. The van der Waals surface area contributed by atoms with Crippen LogP contribution >= 0.6 is 0 Å². The molecule has 0 aromatic carbocycles. The third-order valence-corrected chi connectivity index (χ3v) is 2.56. The van der Waals surface area contributed by atoms with Crippen LogP contribution in [0, 0.1) is 6.08 Å². The summed E-state index contributed by atoms with van der Waals surface area (Å²) in [6.45, 7) is 2.83. The Kier molecular flexibility index (Phi) is 3.66. The smallest absolute Gasteiger partial charge is 0.360 e. The van der Waals surface area contributed by atoms with Gasteiger partial charge in [0.15, 0.2) is 0 Å². The van der Waals surface area contributed by atoms with Gasteiger partial charge < -0.3 is 9.73 Å². The molecule has 1 radical (unpaired) electrons. The van der Waals surface area contributed by atoms with Crippen LogP contribution in [0.1, 0.15) is 13.8 Å². The molecule has 2 rings (SSSR count). The molecule has 0 spiro atoms. The van der Waals surface area contributed by atoms with Gasteiger partial charge in [0.2, 0.25) is 0 Å². The fourth-order valence-electron chi connectivity index (χ4n) is 1.57. The van der Waals surface area contributed by atoms with Gasteiger partial charge in [-0.1, -0.05) is 5.57 Å². The number of halogens is 6. The summed E-state index contributed by atoms with van der Waals surface area (Å²) in [7, 11) is 0. The molecule has 0 bridgehead atoms. The maximum Gasteiger partial charge on any atom is 0.360 e. The van der Waals surface area contributed by atoms with E-state index in [0.717, 1.165) is 6.08 Å². The minimum absolute atomic E-state index is 0. The minimum atomic E-state index is -5.53. The summed E-state index contributed by atoms with van der Waals surface area (Å²) in [6, 6.07) is 0. The predicted molar refractivity (Wildman–Crippen MR) is 49.1 cm³/mol. The molecule has 9 heteroatoms. The molecule has 0 saturated heterocycles. The van der Waals surface area contributed by atoms with Crippen molar-refractivity contribution in [2.24, 2.45) is 4.99 Å². The molecule has 0 aromatic rings. The molecule has 1 aliphatic heterocycles. The van der Waals surface area contributed by atoms with Gasteiger partial charge in [0.05, 0.1) is 18.0 Å². The van der Waals surface area contributed by atoms with Gasteiger partial charge in [-0.05, 0) is 13.8 Å². The van der Waals surface area contributed by atoms with Gasteiger partial charge in [0.25, 0.3) is 5.92 Å². The van der Waals surface area contributed by atoms with Crippen LogP contribution in [-0.2, 0) is 24.8 Å². The van der Waals surface area contributed by atoms with E-state index >= 15 is 0 Å². The average Bonchev–Trinajstić information content (AvgIpc) is 2.58. The van der Waals surface area contributed by atoms with E-state index in [-0.39, 0.29) is 26.7 Å². The minimum Gasteiger partial charge on any atom is -0.560 e. The molecule has 1 heterocycles. The van der Waals surface area contributed by atoms with Gasteiger partial charge in [-0.15, -0.1) is 0 Å². The van der Waals surface area contributed by atoms with Gasteiger partial charge in [-0.25, -0.2) is 8.78 Å². The number of hydrogen-bond donors (Lipinski definition) is 0. The van der Waals surface area contributed by atoms with E-state index in [1.165, 1.54) is 13.8 Å². The summed E-state index contributed by atoms with van der Waals surface area (Å²) in [5, 5.41) is 0. The standard InChI is InChI=1S/C10H8F6NO.Ir/c1-7(2)4-18-6(17-7)5-3-8(11,12)10(15,16)9(5,13)14;/h4H2,1-2H3;/q-1;. The summed E-state index contributed by atoms with van der Waals surface area (Å²) >= 11 is 0. The fourth-order valence-corrected chi connectivity index (χ4v) is 1.57. The van der Waals surface area contributed by atoms with Crippen molar-refractivity contribution in [2.75, 3.05) is 6.61 Å². The Labute approximate surface area is 118 Å². The van der Waals surface area contributed by atoms with Crippen LogP contribution in [0.2, 0.25) is 0 Å². The van der Waals surface area contributed by atoms with Gasteiger partial charge in [0.1, 0.15) is 0 Å². The van der Waals surface area contributed by atoms with E-state index in [0.29, 0.717) is 0 Å². The van der Waals surface area contributed by atoms with Crippen LogP contribution in [0.3, 0.4) is 0 Å². The van der Waals surface area contributed by atoms with Gasteiger partial charge in [-0.2, -0.15) is 23.6 Å². The van der Waals surface area contributed by atoms with Crippen LogP contribution < -0.4 is 0 Å². The molecule has 0 unspecified atom stereocenters. The average molecular weight is 464 g/mol. The van der Waals surface area contributed by atoms with Crippen molar-refractivity contribution in [1.29, 1.82) is 0 Å². The van der Waals surface area contributed by atoms with Crippen molar-refractivity contribution < 1.29 is 51.2 Å². The maximum absolute atomic E-state index is 13.3. The van der Waals surface area contributed by atoms with Gasteiger partial charge in [0, 0.05) is 20.1 Å². The molecule has 0 amide bonds. The zero-order valence-corrected chi connectivity index (χ0v) is 12.1. The van der Waals surface area contributed by atoms with Crippen LogP contribution in [0.25, 0.3) is 0 Å². The molecule has 0 aromatic heterocycles. The second-order valence-corrected chi connectivity index (χ2v) is 4.74. The number of alkyl halides is 6. The van der Waals surface area contributed by atoms with E-state index in [1.807, 2.05) is 0 Å². The summed E-state index contributed by atoms with van der Waals surface area (Å²) in [4.78, 5) is 3.58. The number of hydrogen-bond acceptors (Lipinski definition) is 2. The Morgan fingerprint density at radius 2 is 1.63 bits per heavy atom. The monoisotopic (exact) mass is 465 g/mol. The summed E-state index contributed by atoms with van der Waals surface area (Å²) in [6.07, 6.45) is 0.818. The summed E-state index contributed by atoms with van der Waals surface area (Å²) in [5.41, 5.74) is -2.60. The first kappa shape index (κ1) is 16.5. The van der Waals surface area contributed by atoms with Gasteiger partial charge >= 0.3 is 11.8 Å². The summed E-state index contributed by atoms with van der Waals surface area (Å²) in [5.74, 6) is -16.5. The van der Waals surface area contributed by atoms with E-state index in [2.05, 4.69) is 9.73 Å². The molecular weight excluding hydrogens is 456 g/mol. The van der Waals surface area contributed by atoms with Crippen LogP contribution in [-0.4, -0.2) is 35.8 Å². The Hall–Kier alpha value is -0.561. The second kappa shape index (κ2) is 4.21. The normalized spacial score (nSPS) is 29.1. The summed E-state index contributed by atoms with van der Waals surface area (Å²) < 4.78 is 82.8. The second-order valence-electron chi connectivity index (χ2n) is 4.74. The first-order valence-electron chi connectivity index (χ1n) is 4.93. The Morgan fingerprint density at radius 3 is 1.95 bits per heavy atom. The number of aliphatic imine (C=N–C) groups is 1. The molecule has 2 nitrogen and oxygen atoms in total. The van der Waals surface area contributed by atoms with Crippen molar-refractivity contribution in [2.45, 2.75) is 37.2 Å². The van der Waals surface area contributed by atoms with Crippen molar-refractivity contribution in [3.8, 4) is 0 Å². The molecule has 1 aliphatic carbocycles. The molecule has 19 heavy (non-hydrogen) atoms. The number of ether oxygens (including phenoxy) is 1. The van der Waals surface area contributed by atoms with Crippen LogP contribution in [0.4, 0.5) is 26.3 Å². The van der Waals surface area contributed by atoms with Crippen LogP contribution in [0.15, 0.2) is 10.6 Å². The van der Waals surface area contributed by atoms with E-state index < -0.39 is 34.8 Å². The largest absolute Gasteiger partial charge is 0.560 e. The fraction of sp³-hybridized carbons (Fsp3) is 0.700. The number of allylic oxidation sites excluding steroid dienone is 1. The zero-order chi connectivity index (χ0) is 14.0. The quantitative estimate of drug-likeness (QED) is 0.432. The molecular formula is C10H8F6IrNO-. The third-order valence-electron chi connectivity index (χ3n) is 2.56. The van der Waals surface area contributed by atoms with Gasteiger partial charge in [-0.3, -0.25) is 0 Å². The Morgan fingerprint density at radius 1 is 1.11 bits per heavy atom. The Balaban J connectivity index is 0.00000180. The molecule has 0 saturated carbocycles. The maximum atomic E-state index is 13.3. The van der Waals surface area contributed by atoms with Crippen molar-refractivity contribution in [3.63, 3.8) is 0 Å². The van der Waals surface area contributed by atoms with E-state index in [9.17, 15) is 26.3 Å². The van der Waals surface area contributed by atoms with Crippen molar-refractivity contribution >= 4 is 5.90 Å². The molecule has 0 N–H and O–H groups in total. The Bertz CT molecular complexity index is 457. The van der Waals surface area contributed by atoms with Crippen LogP contribution in [0.5, 0.6) is 0 Å². The topological polar surface area (TPSA) is 21.6 Å². The molecule has 111 valence electrons. The molecule has 0 atom stereocenters.